The fraction of sp³-hybridized carbons (Fsp3) is 0.143. The lowest BCUT2D eigenvalue weighted by molar-refractivity contribution is -0.137. The standard InChI is InChI=1S/C14H9BrF4O/c15-10-2-1-3-11(16)12(10)13(20)8-4-6-9(7-5-8)14(17,18)19/h1-7,13,20H. The van der Waals surface area contributed by atoms with E-state index in [1.54, 1.807) is 6.07 Å². The van der Waals surface area contributed by atoms with Crippen molar-refractivity contribution in [3.63, 3.8) is 0 Å². The maximum Gasteiger partial charge on any atom is 0.416 e. The van der Waals surface area contributed by atoms with Crippen molar-refractivity contribution in [3.8, 4) is 0 Å². The molecule has 2 aromatic rings. The van der Waals surface area contributed by atoms with Crippen LogP contribution in [0.15, 0.2) is 46.9 Å². The minimum Gasteiger partial charge on any atom is -0.384 e. The Kier molecular flexibility index (Phi) is 4.15. The van der Waals surface area contributed by atoms with Crippen LogP contribution in [-0.2, 0) is 6.18 Å². The van der Waals surface area contributed by atoms with Crippen LogP contribution in [0.25, 0.3) is 0 Å². The number of rotatable bonds is 2. The Hall–Kier alpha value is -1.40. The van der Waals surface area contributed by atoms with Gasteiger partial charge in [-0.05, 0) is 29.8 Å². The number of hydrogen-bond donors (Lipinski definition) is 1. The first-order chi connectivity index (χ1) is 9.30. The molecule has 0 radical (unpaired) electrons. The molecule has 0 saturated heterocycles. The first-order valence-corrected chi connectivity index (χ1v) is 6.39. The molecule has 20 heavy (non-hydrogen) atoms. The van der Waals surface area contributed by atoms with Gasteiger partial charge in [0.25, 0.3) is 0 Å². The minimum absolute atomic E-state index is 0.00717. The van der Waals surface area contributed by atoms with E-state index in [4.69, 9.17) is 0 Å². The molecule has 0 aromatic heterocycles. The topological polar surface area (TPSA) is 20.2 Å². The molecule has 106 valence electrons. The third-order valence-corrected chi connectivity index (χ3v) is 3.52. The second-order valence-corrected chi connectivity index (χ2v) is 5.01. The average molecular weight is 349 g/mol. The number of aliphatic hydroxyl groups excluding tert-OH is 1. The minimum atomic E-state index is -4.44. The summed E-state index contributed by atoms with van der Waals surface area (Å²) in [5, 5.41) is 10.1. The van der Waals surface area contributed by atoms with Crippen LogP contribution >= 0.6 is 15.9 Å². The van der Waals surface area contributed by atoms with Crippen LogP contribution in [0.2, 0.25) is 0 Å². The molecule has 0 amide bonds. The van der Waals surface area contributed by atoms with Crippen LogP contribution in [0, 0.1) is 5.82 Å². The third kappa shape index (κ3) is 3.02. The van der Waals surface area contributed by atoms with Gasteiger partial charge in [0.05, 0.1) is 5.56 Å². The molecule has 0 spiro atoms. The lowest BCUT2D eigenvalue weighted by Crippen LogP contribution is -2.07. The predicted molar refractivity (Wildman–Crippen MR) is 69.6 cm³/mol. The summed E-state index contributed by atoms with van der Waals surface area (Å²) < 4.78 is 51.4. The maximum absolute atomic E-state index is 13.7. The zero-order valence-electron chi connectivity index (χ0n) is 9.96. The summed E-state index contributed by atoms with van der Waals surface area (Å²) in [4.78, 5) is 0. The van der Waals surface area contributed by atoms with E-state index in [0.29, 0.717) is 4.47 Å². The molecular weight excluding hydrogens is 340 g/mol. The van der Waals surface area contributed by atoms with Gasteiger partial charge >= 0.3 is 6.18 Å². The van der Waals surface area contributed by atoms with Gasteiger partial charge in [0, 0.05) is 10.0 Å². The molecule has 0 bridgehead atoms. The first-order valence-electron chi connectivity index (χ1n) is 5.60. The van der Waals surface area contributed by atoms with Gasteiger partial charge in [-0.3, -0.25) is 0 Å². The van der Waals surface area contributed by atoms with Gasteiger partial charge in [-0.15, -0.1) is 0 Å². The SMILES string of the molecule is OC(c1ccc(C(F)(F)F)cc1)c1c(F)cccc1Br. The molecule has 1 nitrogen and oxygen atoms in total. The number of aliphatic hydroxyl groups is 1. The summed E-state index contributed by atoms with van der Waals surface area (Å²) in [5.74, 6) is -0.633. The van der Waals surface area contributed by atoms with E-state index in [2.05, 4.69) is 15.9 Å². The summed E-state index contributed by atoms with van der Waals surface area (Å²) in [6, 6.07) is 8.15. The highest BCUT2D eigenvalue weighted by molar-refractivity contribution is 9.10. The maximum atomic E-state index is 13.7. The molecule has 2 aromatic carbocycles. The first kappa shape index (κ1) is 15.0. The van der Waals surface area contributed by atoms with Crippen molar-refractivity contribution >= 4 is 15.9 Å². The van der Waals surface area contributed by atoms with Gasteiger partial charge in [-0.2, -0.15) is 13.2 Å². The molecule has 1 N–H and O–H groups in total. The molecule has 0 saturated carbocycles. The third-order valence-electron chi connectivity index (χ3n) is 2.83. The average Bonchev–Trinajstić information content (AvgIpc) is 2.37. The van der Waals surface area contributed by atoms with Crippen molar-refractivity contribution in [1.82, 2.24) is 0 Å². The van der Waals surface area contributed by atoms with E-state index in [1.165, 1.54) is 12.1 Å². The lowest BCUT2D eigenvalue weighted by atomic mass is 10.00. The van der Waals surface area contributed by atoms with Crippen LogP contribution < -0.4 is 0 Å². The molecule has 0 fully saturated rings. The summed E-state index contributed by atoms with van der Waals surface area (Å²) in [5.41, 5.74) is -0.642. The van der Waals surface area contributed by atoms with Crippen molar-refractivity contribution in [3.05, 3.63) is 69.4 Å². The monoisotopic (exact) mass is 348 g/mol. The van der Waals surface area contributed by atoms with E-state index in [9.17, 15) is 22.7 Å². The Morgan fingerprint density at radius 1 is 1.00 bits per heavy atom. The summed E-state index contributed by atoms with van der Waals surface area (Å²) in [7, 11) is 0. The number of alkyl halides is 3. The van der Waals surface area contributed by atoms with Crippen LogP contribution in [0.3, 0.4) is 0 Å². The molecule has 1 atom stereocenters. The van der Waals surface area contributed by atoms with Gasteiger partial charge in [0.1, 0.15) is 11.9 Å². The summed E-state index contributed by atoms with van der Waals surface area (Å²) in [6.07, 6.45) is -5.78. The largest absolute Gasteiger partial charge is 0.416 e. The molecule has 0 heterocycles. The van der Waals surface area contributed by atoms with Gasteiger partial charge in [0.2, 0.25) is 0 Å². The molecule has 0 aliphatic carbocycles. The Bertz CT molecular complexity index is 587. The molecule has 6 heteroatoms. The van der Waals surface area contributed by atoms with Crippen molar-refractivity contribution in [2.45, 2.75) is 12.3 Å². The van der Waals surface area contributed by atoms with Gasteiger partial charge in [-0.25, -0.2) is 4.39 Å². The second-order valence-electron chi connectivity index (χ2n) is 4.16. The van der Waals surface area contributed by atoms with Crippen LogP contribution in [0.1, 0.15) is 22.8 Å². The molecule has 0 aliphatic rings. The van der Waals surface area contributed by atoms with E-state index >= 15 is 0 Å². The summed E-state index contributed by atoms with van der Waals surface area (Å²) >= 11 is 3.11. The zero-order valence-corrected chi connectivity index (χ0v) is 11.5. The van der Waals surface area contributed by atoms with Crippen molar-refractivity contribution in [1.29, 1.82) is 0 Å². The highest BCUT2D eigenvalue weighted by Crippen LogP contribution is 2.33. The number of halogens is 5. The highest BCUT2D eigenvalue weighted by atomic mass is 79.9. The van der Waals surface area contributed by atoms with Gasteiger partial charge in [0.15, 0.2) is 0 Å². The Morgan fingerprint density at radius 3 is 2.10 bits per heavy atom. The number of hydrogen-bond acceptors (Lipinski definition) is 1. The second kappa shape index (κ2) is 5.54. The molecular formula is C14H9BrF4O. The van der Waals surface area contributed by atoms with Crippen LogP contribution in [0.5, 0.6) is 0 Å². The van der Waals surface area contributed by atoms with Gasteiger partial charge in [-0.1, -0.05) is 34.1 Å². The zero-order chi connectivity index (χ0) is 14.9. The highest BCUT2D eigenvalue weighted by Gasteiger charge is 2.30. The normalized spacial score (nSPS) is 13.3. The smallest absolute Gasteiger partial charge is 0.384 e. The quantitative estimate of drug-likeness (QED) is 0.780. The van der Waals surface area contributed by atoms with Crippen LogP contribution in [-0.4, -0.2) is 5.11 Å². The lowest BCUT2D eigenvalue weighted by Gasteiger charge is -2.15. The number of benzene rings is 2. The Morgan fingerprint density at radius 2 is 1.60 bits per heavy atom. The van der Waals surface area contributed by atoms with Gasteiger partial charge < -0.3 is 5.11 Å². The fourth-order valence-electron chi connectivity index (χ4n) is 1.79. The van der Waals surface area contributed by atoms with E-state index < -0.39 is 23.7 Å². The Labute approximate surface area is 121 Å². The van der Waals surface area contributed by atoms with Crippen molar-refractivity contribution in [2.75, 3.05) is 0 Å². The van der Waals surface area contributed by atoms with Crippen molar-refractivity contribution in [2.24, 2.45) is 0 Å². The summed E-state index contributed by atoms with van der Waals surface area (Å²) in [6.45, 7) is 0. The van der Waals surface area contributed by atoms with E-state index in [0.717, 1.165) is 24.3 Å². The van der Waals surface area contributed by atoms with Crippen molar-refractivity contribution < 1.29 is 22.7 Å². The Balaban J connectivity index is 2.37. The fourth-order valence-corrected chi connectivity index (χ4v) is 2.35. The predicted octanol–water partition coefficient (Wildman–Crippen LogP) is 4.69. The molecule has 0 aliphatic heterocycles. The van der Waals surface area contributed by atoms with Crippen LogP contribution in [0.4, 0.5) is 17.6 Å². The molecule has 2 rings (SSSR count). The molecule has 1 unspecified atom stereocenters. The van der Waals surface area contributed by atoms with E-state index in [1.807, 2.05) is 0 Å². The van der Waals surface area contributed by atoms with E-state index in [-0.39, 0.29) is 11.1 Å².